The second-order valence-corrected chi connectivity index (χ2v) is 12.1. The van der Waals surface area contributed by atoms with Crippen LogP contribution >= 0.6 is 30.3 Å². The molecule has 3 aromatic carbocycles. The van der Waals surface area contributed by atoms with Gasteiger partial charge in [-0.25, -0.2) is 0 Å². The number of hydrogen-bond donors (Lipinski definition) is 0. The van der Waals surface area contributed by atoms with Gasteiger partial charge in [0.15, 0.2) is 7.14 Å². The van der Waals surface area contributed by atoms with Crippen molar-refractivity contribution in [3.8, 4) is 0 Å². The van der Waals surface area contributed by atoms with E-state index >= 15 is 4.57 Å². The normalized spacial score (nSPS) is 27.8. The molecule has 2 aliphatic carbocycles. The van der Waals surface area contributed by atoms with Gasteiger partial charge in [-0.1, -0.05) is 67.4 Å². The molecule has 3 aromatic rings. The third-order valence-corrected chi connectivity index (χ3v) is 11.2. The van der Waals surface area contributed by atoms with E-state index in [0.717, 1.165) is 53.1 Å². The maximum atomic E-state index is 15.1. The van der Waals surface area contributed by atoms with Crippen LogP contribution in [0.25, 0.3) is 11.6 Å². The maximum Gasteiger partial charge on any atom is 0.172 e. The van der Waals surface area contributed by atoms with Crippen molar-refractivity contribution in [2.24, 2.45) is 5.41 Å². The fourth-order valence-corrected chi connectivity index (χ4v) is 9.61. The highest BCUT2D eigenvalue weighted by atomic mass is 35.5. The van der Waals surface area contributed by atoms with Gasteiger partial charge in [-0.15, -0.1) is 0 Å². The standard InChI is InChI=1S/C25H19Cl2OP/c1-13-6-4-5-7-18(13)29(28)19-10-8-16(26)15-12-25(3)14(2)21-17(27)9-11-20(29)23(21)24(25)22(15)19/h4-12,14H,1-3H3/t14-,25?,29?/m0/s1. The van der Waals surface area contributed by atoms with E-state index in [4.69, 9.17) is 23.2 Å². The predicted molar refractivity (Wildman–Crippen MR) is 123 cm³/mol. The third-order valence-electron chi connectivity index (χ3n) is 7.29. The van der Waals surface area contributed by atoms with Crippen LogP contribution in [0.2, 0.25) is 10.0 Å². The van der Waals surface area contributed by atoms with E-state index in [1.165, 1.54) is 5.57 Å². The summed E-state index contributed by atoms with van der Waals surface area (Å²) in [6, 6.07) is 15.9. The van der Waals surface area contributed by atoms with E-state index in [9.17, 15) is 0 Å². The third kappa shape index (κ3) is 1.89. The van der Waals surface area contributed by atoms with Crippen LogP contribution < -0.4 is 26.4 Å². The van der Waals surface area contributed by atoms with Gasteiger partial charge >= 0.3 is 0 Å². The molecule has 6 rings (SSSR count). The lowest BCUT2D eigenvalue weighted by atomic mass is 9.77. The summed E-state index contributed by atoms with van der Waals surface area (Å²) in [6.45, 7) is 6.53. The molecule has 29 heavy (non-hydrogen) atoms. The molecule has 0 bridgehead atoms. The van der Waals surface area contributed by atoms with Crippen molar-refractivity contribution < 1.29 is 4.57 Å². The molecule has 3 aliphatic rings. The molecule has 1 heterocycles. The highest BCUT2D eigenvalue weighted by Gasteiger charge is 2.53. The van der Waals surface area contributed by atoms with E-state index in [1.807, 2.05) is 55.5 Å². The summed E-state index contributed by atoms with van der Waals surface area (Å²) in [7, 11) is -3.06. The van der Waals surface area contributed by atoms with Crippen LogP contribution in [0, 0.1) is 12.3 Å². The van der Waals surface area contributed by atoms with Crippen LogP contribution in [0.5, 0.6) is 0 Å². The summed E-state index contributed by atoms with van der Waals surface area (Å²) >= 11 is 13.4. The lowest BCUT2D eigenvalue weighted by molar-refractivity contribution is 0.529. The van der Waals surface area contributed by atoms with E-state index in [0.29, 0.717) is 0 Å². The lowest BCUT2D eigenvalue weighted by Crippen LogP contribution is -2.47. The first-order valence-corrected chi connectivity index (χ1v) is 12.3. The largest absolute Gasteiger partial charge is 0.309 e. The van der Waals surface area contributed by atoms with Gasteiger partial charge in [-0.05, 0) is 69.8 Å². The van der Waals surface area contributed by atoms with E-state index in [-0.39, 0.29) is 11.3 Å². The molecule has 0 aromatic heterocycles. The summed E-state index contributed by atoms with van der Waals surface area (Å²) in [4.78, 5) is 0. The van der Waals surface area contributed by atoms with Crippen molar-refractivity contribution >= 4 is 57.9 Å². The molecule has 0 fully saturated rings. The fraction of sp³-hybridized carbons (Fsp3) is 0.200. The Morgan fingerprint density at radius 3 is 2.38 bits per heavy atom. The van der Waals surface area contributed by atoms with Crippen LogP contribution in [-0.2, 0) is 4.57 Å². The van der Waals surface area contributed by atoms with Gasteiger partial charge < -0.3 is 4.57 Å². The first-order valence-electron chi connectivity index (χ1n) is 9.86. The van der Waals surface area contributed by atoms with Crippen LogP contribution in [0.4, 0.5) is 0 Å². The molecule has 1 aliphatic heterocycles. The Balaban J connectivity index is 1.94. The number of hydrogen-bond acceptors (Lipinski definition) is 1. The van der Waals surface area contributed by atoms with Crippen molar-refractivity contribution in [2.75, 3.05) is 0 Å². The summed E-state index contributed by atoms with van der Waals surface area (Å²) in [6.07, 6.45) is 2.28. The van der Waals surface area contributed by atoms with Crippen molar-refractivity contribution in [1.29, 1.82) is 0 Å². The maximum absolute atomic E-state index is 15.1. The van der Waals surface area contributed by atoms with Gasteiger partial charge in [0.25, 0.3) is 0 Å². The Bertz CT molecular complexity index is 1450. The second-order valence-electron chi connectivity index (χ2n) is 8.63. The minimum atomic E-state index is -3.06. The second kappa shape index (κ2) is 5.46. The van der Waals surface area contributed by atoms with Crippen molar-refractivity contribution in [2.45, 2.75) is 26.7 Å². The Morgan fingerprint density at radius 1 is 0.931 bits per heavy atom. The zero-order valence-electron chi connectivity index (χ0n) is 16.4. The Hall–Kier alpha value is -1.79. The highest BCUT2D eigenvalue weighted by molar-refractivity contribution is 7.85. The minimum absolute atomic E-state index is 0.193. The number of benzene rings is 3. The quantitative estimate of drug-likeness (QED) is 0.517. The van der Waals surface area contributed by atoms with E-state index in [2.05, 4.69) is 19.9 Å². The number of halogens is 2. The number of aryl methyl sites for hydroxylation is 1. The molecule has 0 saturated carbocycles. The van der Waals surface area contributed by atoms with Crippen LogP contribution in [0.3, 0.4) is 0 Å². The van der Waals surface area contributed by atoms with Crippen LogP contribution in [-0.4, -0.2) is 0 Å². The molecule has 0 radical (unpaired) electrons. The molecule has 0 saturated heterocycles. The summed E-state index contributed by atoms with van der Waals surface area (Å²) in [5.41, 5.74) is 4.33. The molecule has 0 spiro atoms. The lowest BCUT2D eigenvalue weighted by Gasteiger charge is -2.30. The molecule has 144 valence electrons. The van der Waals surface area contributed by atoms with Gasteiger partial charge in [0.1, 0.15) is 0 Å². The van der Waals surface area contributed by atoms with Crippen molar-refractivity contribution in [3.05, 3.63) is 85.7 Å². The first kappa shape index (κ1) is 18.0. The zero-order valence-corrected chi connectivity index (χ0v) is 18.8. The van der Waals surface area contributed by atoms with Gasteiger partial charge in [-0.3, -0.25) is 0 Å². The average Bonchev–Trinajstić information content (AvgIpc) is 3.13. The van der Waals surface area contributed by atoms with Gasteiger partial charge in [0.05, 0.1) is 0 Å². The molecule has 0 amide bonds. The number of rotatable bonds is 1. The highest BCUT2D eigenvalue weighted by Crippen LogP contribution is 2.61. The zero-order chi connectivity index (χ0) is 20.3. The molecule has 1 nitrogen and oxygen atoms in total. The first-order chi connectivity index (χ1) is 13.8. The Labute approximate surface area is 180 Å². The topological polar surface area (TPSA) is 17.1 Å². The SMILES string of the molecule is Cc1ccccc1P1(=O)c2ccc(Cl)c3c2C2=c4c1ccc(Cl)c4=CC2(C)[C@H]3C. The van der Waals surface area contributed by atoms with E-state index in [1.54, 1.807) is 0 Å². The molecular weight excluding hydrogens is 418 g/mol. The van der Waals surface area contributed by atoms with Gasteiger partial charge in [-0.2, -0.15) is 0 Å². The average molecular weight is 437 g/mol. The monoisotopic (exact) mass is 436 g/mol. The molecule has 0 N–H and O–H groups in total. The Morgan fingerprint density at radius 2 is 1.62 bits per heavy atom. The molecular formula is C25H19Cl2OP. The smallest absolute Gasteiger partial charge is 0.172 e. The molecule has 4 heteroatoms. The van der Waals surface area contributed by atoms with Crippen molar-refractivity contribution in [1.82, 2.24) is 0 Å². The van der Waals surface area contributed by atoms with Gasteiger partial charge in [0.2, 0.25) is 0 Å². The molecule has 3 atom stereocenters. The van der Waals surface area contributed by atoms with E-state index < -0.39 is 7.14 Å². The molecule has 2 unspecified atom stereocenters. The van der Waals surface area contributed by atoms with Gasteiger partial charge in [0, 0.05) is 31.4 Å². The minimum Gasteiger partial charge on any atom is -0.309 e. The summed E-state index contributed by atoms with van der Waals surface area (Å²) in [5.74, 6) is 0.194. The van der Waals surface area contributed by atoms with Crippen molar-refractivity contribution in [3.63, 3.8) is 0 Å². The van der Waals surface area contributed by atoms with Crippen LogP contribution in [0.15, 0.2) is 48.5 Å². The predicted octanol–water partition coefficient (Wildman–Crippen LogP) is 4.37. The van der Waals surface area contributed by atoms with Crippen LogP contribution in [0.1, 0.15) is 36.5 Å². The summed E-state index contributed by atoms with van der Waals surface area (Å²) in [5, 5.41) is 6.33. The summed E-state index contributed by atoms with van der Waals surface area (Å²) < 4.78 is 15.1. The Kier molecular flexibility index (Phi) is 3.40. The fourth-order valence-electron chi connectivity index (χ4n) is 5.76.